The quantitative estimate of drug-likeness (QED) is 0.282. The maximum atomic E-state index is 3.66. The fraction of sp³-hybridized carbons (Fsp3) is 0.125. The topological polar surface area (TPSA) is 21.9 Å². The number of aromatic nitrogens is 2. The van der Waals surface area contributed by atoms with Crippen LogP contribution in [0.4, 0.5) is 11.4 Å². The minimum Gasteiger partial charge on any atom is -0.355 e. The number of nitrogens with one attached hydrogen (secondary N) is 1. The third kappa shape index (κ3) is 3.43. The van der Waals surface area contributed by atoms with E-state index < -0.39 is 0 Å². The van der Waals surface area contributed by atoms with Crippen LogP contribution in [0.25, 0.3) is 33.2 Å². The van der Waals surface area contributed by atoms with Crippen LogP contribution in [0.5, 0.6) is 0 Å². The smallest absolute Gasteiger partial charge is 0.0535 e. The van der Waals surface area contributed by atoms with Crippen LogP contribution in [0.1, 0.15) is 22.5 Å². The Morgan fingerprint density at radius 2 is 0.886 bits per heavy atom. The molecule has 6 rings (SSSR count). The summed E-state index contributed by atoms with van der Waals surface area (Å²) in [6, 6.07) is 34.5. The Balaban J connectivity index is 1.40. The maximum absolute atomic E-state index is 3.66. The second-order valence-corrected chi connectivity index (χ2v) is 9.35. The van der Waals surface area contributed by atoms with Gasteiger partial charge in [-0.3, -0.25) is 0 Å². The number of hydrogen-bond acceptors (Lipinski definition) is 1. The molecule has 3 nitrogen and oxygen atoms in total. The number of hydrogen-bond donors (Lipinski definition) is 1. The van der Waals surface area contributed by atoms with Gasteiger partial charge in [0.2, 0.25) is 0 Å². The second-order valence-electron chi connectivity index (χ2n) is 9.35. The van der Waals surface area contributed by atoms with E-state index in [-0.39, 0.29) is 0 Å². The van der Waals surface area contributed by atoms with Crippen LogP contribution in [0.15, 0.2) is 97.1 Å². The van der Waals surface area contributed by atoms with Crippen molar-refractivity contribution in [3.63, 3.8) is 0 Å². The monoisotopic (exact) mass is 455 g/mol. The number of aryl methyl sites for hydroxylation is 2. The standard InChI is InChI=1S/C32H29N3/c1-21-23(3)34(27-11-7-5-8-12-27)31-17-15-25(19-29(21)31)33-26-16-18-32-30(20-26)22(2)24(4)35(32)28-13-9-6-10-14-28/h5-20,33H,1-4H3. The van der Waals surface area contributed by atoms with Gasteiger partial charge in [0.25, 0.3) is 0 Å². The predicted molar refractivity (Wildman–Crippen MR) is 149 cm³/mol. The molecule has 172 valence electrons. The van der Waals surface area contributed by atoms with Crippen molar-refractivity contribution < 1.29 is 0 Å². The van der Waals surface area contributed by atoms with Gasteiger partial charge < -0.3 is 14.5 Å². The lowest BCUT2D eigenvalue weighted by atomic mass is 10.1. The zero-order valence-corrected chi connectivity index (χ0v) is 20.6. The molecule has 2 heterocycles. The summed E-state index contributed by atoms with van der Waals surface area (Å²) in [6.07, 6.45) is 0. The molecule has 0 aliphatic heterocycles. The van der Waals surface area contributed by atoms with E-state index in [1.54, 1.807) is 0 Å². The first-order chi connectivity index (χ1) is 17.0. The highest BCUT2D eigenvalue weighted by molar-refractivity contribution is 5.93. The van der Waals surface area contributed by atoms with Crippen LogP contribution in [0.3, 0.4) is 0 Å². The van der Waals surface area contributed by atoms with E-state index in [9.17, 15) is 0 Å². The Morgan fingerprint density at radius 1 is 0.486 bits per heavy atom. The van der Waals surface area contributed by atoms with Crippen molar-refractivity contribution in [2.45, 2.75) is 27.7 Å². The molecule has 0 aliphatic carbocycles. The minimum absolute atomic E-state index is 1.10. The molecule has 6 aromatic rings. The van der Waals surface area contributed by atoms with Crippen molar-refractivity contribution >= 4 is 33.2 Å². The van der Waals surface area contributed by atoms with E-state index in [1.165, 1.54) is 55.7 Å². The molecule has 0 amide bonds. The molecule has 2 aromatic heterocycles. The lowest BCUT2D eigenvalue weighted by molar-refractivity contribution is 1.04. The zero-order chi connectivity index (χ0) is 24.1. The van der Waals surface area contributed by atoms with Gasteiger partial charge in [-0.1, -0.05) is 36.4 Å². The number of nitrogens with zero attached hydrogens (tertiary/aromatic N) is 2. The lowest BCUT2D eigenvalue weighted by Crippen LogP contribution is -1.96. The summed E-state index contributed by atoms with van der Waals surface area (Å²) in [5, 5.41) is 6.22. The summed E-state index contributed by atoms with van der Waals surface area (Å²) in [5.74, 6) is 0. The molecular weight excluding hydrogens is 426 g/mol. The van der Waals surface area contributed by atoms with E-state index in [0.717, 1.165) is 11.4 Å². The van der Waals surface area contributed by atoms with Crippen molar-refractivity contribution in [1.29, 1.82) is 0 Å². The van der Waals surface area contributed by atoms with E-state index >= 15 is 0 Å². The summed E-state index contributed by atoms with van der Waals surface area (Å²) in [6.45, 7) is 8.83. The molecule has 3 heteroatoms. The average molecular weight is 456 g/mol. The summed E-state index contributed by atoms with van der Waals surface area (Å²) in [5.41, 5.74) is 12.2. The Bertz CT molecular complexity index is 1560. The first kappa shape index (κ1) is 21.3. The highest BCUT2D eigenvalue weighted by Crippen LogP contribution is 2.34. The first-order valence-corrected chi connectivity index (χ1v) is 12.1. The van der Waals surface area contributed by atoms with Crippen molar-refractivity contribution in [1.82, 2.24) is 9.13 Å². The highest BCUT2D eigenvalue weighted by Gasteiger charge is 2.15. The Labute approximate surface area is 206 Å². The summed E-state index contributed by atoms with van der Waals surface area (Å²) < 4.78 is 4.69. The SMILES string of the molecule is Cc1c(C)n(-c2ccccc2)c2ccc(Nc3ccc4c(c3)c(C)c(C)n4-c3ccccc3)cc12. The van der Waals surface area contributed by atoms with Crippen molar-refractivity contribution in [3.05, 3.63) is 120 Å². The van der Waals surface area contributed by atoms with Crippen LogP contribution in [-0.4, -0.2) is 9.13 Å². The Kier molecular flexibility index (Phi) is 5.00. The molecule has 0 bridgehead atoms. The van der Waals surface area contributed by atoms with Gasteiger partial charge in [-0.25, -0.2) is 0 Å². The fourth-order valence-corrected chi connectivity index (χ4v) is 5.29. The summed E-state index contributed by atoms with van der Waals surface area (Å²) >= 11 is 0. The van der Waals surface area contributed by atoms with Gasteiger partial charge in [0.1, 0.15) is 0 Å². The molecule has 0 saturated carbocycles. The lowest BCUT2D eigenvalue weighted by Gasteiger charge is -2.11. The summed E-state index contributed by atoms with van der Waals surface area (Å²) in [7, 11) is 0. The van der Waals surface area contributed by atoms with E-state index in [4.69, 9.17) is 0 Å². The molecule has 0 radical (unpaired) electrons. The Hall–Kier alpha value is -4.24. The van der Waals surface area contributed by atoms with Crippen molar-refractivity contribution in [2.24, 2.45) is 0 Å². The van der Waals surface area contributed by atoms with Crippen LogP contribution in [0, 0.1) is 27.7 Å². The minimum atomic E-state index is 1.10. The summed E-state index contributed by atoms with van der Waals surface area (Å²) in [4.78, 5) is 0. The molecule has 0 spiro atoms. The van der Waals surface area contributed by atoms with E-state index in [2.05, 4.69) is 139 Å². The molecule has 0 atom stereocenters. The molecule has 4 aromatic carbocycles. The average Bonchev–Trinajstić information content (AvgIpc) is 3.29. The second kappa shape index (κ2) is 8.21. The highest BCUT2D eigenvalue weighted by atomic mass is 15.0. The zero-order valence-electron chi connectivity index (χ0n) is 20.6. The van der Waals surface area contributed by atoms with Gasteiger partial charge in [-0.05, 0) is 99.5 Å². The molecule has 0 unspecified atom stereocenters. The molecule has 0 fully saturated rings. The number of benzene rings is 4. The predicted octanol–water partition coefficient (Wildman–Crippen LogP) is 8.55. The molecule has 0 aliphatic rings. The number of rotatable bonds is 4. The van der Waals surface area contributed by atoms with Gasteiger partial charge in [0, 0.05) is 44.9 Å². The van der Waals surface area contributed by atoms with Gasteiger partial charge in [0.05, 0.1) is 11.0 Å². The number of para-hydroxylation sites is 2. The normalized spacial score (nSPS) is 11.4. The van der Waals surface area contributed by atoms with E-state index in [0.29, 0.717) is 0 Å². The van der Waals surface area contributed by atoms with Gasteiger partial charge in [-0.2, -0.15) is 0 Å². The van der Waals surface area contributed by atoms with Gasteiger partial charge in [0.15, 0.2) is 0 Å². The van der Waals surface area contributed by atoms with Crippen LogP contribution < -0.4 is 5.32 Å². The van der Waals surface area contributed by atoms with Crippen molar-refractivity contribution in [3.8, 4) is 11.4 Å². The number of anilines is 2. The van der Waals surface area contributed by atoms with Gasteiger partial charge in [-0.15, -0.1) is 0 Å². The molecule has 0 saturated heterocycles. The van der Waals surface area contributed by atoms with Gasteiger partial charge >= 0.3 is 0 Å². The third-order valence-electron chi connectivity index (χ3n) is 7.36. The largest absolute Gasteiger partial charge is 0.355 e. The van der Waals surface area contributed by atoms with E-state index in [1.807, 2.05) is 0 Å². The molecule has 1 N–H and O–H groups in total. The fourth-order valence-electron chi connectivity index (χ4n) is 5.29. The Morgan fingerprint density at radius 3 is 1.29 bits per heavy atom. The van der Waals surface area contributed by atoms with Crippen LogP contribution in [0.2, 0.25) is 0 Å². The molecular formula is C32H29N3. The first-order valence-electron chi connectivity index (χ1n) is 12.1. The van der Waals surface area contributed by atoms with Crippen LogP contribution in [-0.2, 0) is 0 Å². The van der Waals surface area contributed by atoms with Crippen LogP contribution >= 0.6 is 0 Å². The molecule has 35 heavy (non-hydrogen) atoms. The maximum Gasteiger partial charge on any atom is 0.0535 e. The third-order valence-corrected chi connectivity index (χ3v) is 7.36. The number of fused-ring (bicyclic) bond motifs is 2. The van der Waals surface area contributed by atoms with Crippen molar-refractivity contribution in [2.75, 3.05) is 5.32 Å².